The number of nitrogens with two attached hydrogens (primary N) is 1. The lowest BCUT2D eigenvalue weighted by atomic mass is 9.98. The Morgan fingerprint density at radius 2 is 1.91 bits per heavy atom. The molecule has 1 heterocycles. The number of nitrogens with zero attached hydrogens (tertiary/aromatic N) is 1. The molecule has 118 valence electrons. The Labute approximate surface area is 134 Å². The number of amides is 1. The van der Waals surface area contributed by atoms with Gasteiger partial charge in [0.25, 0.3) is 5.91 Å². The molecule has 4 rings (SSSR count). The number of piperidine rings is 1. The summed E-state index contributed by atoms with van der Waals surface area (Å²) in [7, 11) is 0. The van der Waals surface area contributed by atoms with E-state index in [2.05, 4.69) is 0 Å². The number of carbonyl (C=O) groups excluding carboxylic acids is 1. The van der Waals surface area contributed by atoms with Gasteiger partial charge in [-0.05, 0) is 47.6 Å². The molecular formula is C19H19FN2O. The molecule has 1 amide bonds. The Bertz CT molecular complexity index is 743. The molecule has 0 radical (unpaired) electrons. The lowest BCUT2D eigenvalue weighted by Gasteiger charge is -2.27. The summed E-state index contributed by atoms with van der Waals surface area (Å²) in [5, 5.41) is 0. The van der Waals surface area contributed by atoms with Gasteiger partial charge in [-0.25, -0.2) is 4.39 Å². The highest BCUT2D eigenvalue weighted by Gasteiger charge is 2.53. The molecule has 4 heteroatoms. The molecule has 0 unspecified atom stereocenters. The van der Waals surface area contributed by atoms with Gasteiger partial charge in [0, 0.05) is 24.7 Å². The van der Waals surface area contributed by atoms with Gasteiger partial charge in [0.15, 0.2) is 0 Å². The van der Waals surface area contributed by atoms with Crippen LogP contribution >= 0.6 is 0 Å². The first-order valence-electron chi connectivity index (χ1n) is 8.05. The number of hydrogen-bond donors (Lipinski definition) is 1. The molecule has 1 aliphatic heterocycles. The molecule has 2 aromatic carbocycles. The maximum Gasteiger partial charge on any atom is 0.254 e. The fourth-order valence-corrected chi connectivity index (χ4v) is 3.81. The van der Waals surface area contributed by atoms with E-state index in [1.807, 2.05) is 29.2 Å². The van der Waals surface area contributed by atoms with Gasteiger partial charge in [0.2, 0.25) is 0 Å². The van der Waals surface area contributed by atoms with Crippen LogP contribution in [0.4, 0.5) is 4.39 Å². The Morgan fingerprint density at radius 1 is 1.17 bits per heavy atom. The standard InChI is InChI=1S/C19H19FN2O/c20-14-7-5-12(6-8-14)15-3-1-2-4-16(15)19(23)22-11-13-9-17(13)18(22)10-21/h1-8,13,17-18H,9-11,21H2/t13-,17-,18+/m0/s1. The van der Waals surface area contributed by atoms with E-state index in [0.717, 1.165) is 17.7 Å². The van der Waals surface area contributed by atoms with Gasteiger partial charge in [-0.1, -0.05) is 30.3 Å². The zero-order chi connectivity index (χ0) is 16.0. The molecule has 23 heavy (non-hydrogen) atoms. The fraction of sp³-hybridized carbons (Fsp3) is 0.316. The Kier molecular flexibility index (Phi) is 3.42. The predicted octanol–water partition coefficient (Wildman–Crippen LogP) is 2.91. The van der Waals surface area contributed by atoms with Gasteiger partial charge in [0.1, 0.15) is 5.82 Å². The number of likely N-dealkylation sites (tertiary alicyclic amines) is 1. The molecule has 0 bridgehead atoms. The van der Waals surface area contributed by atoms with Gasteiger partial charge >= 0.3 is 0 Å². The van der Waals surface area contributed by atoms with Gasteiger partial charge in [-0.2, -0.15) is 0 Å². The van der Waals surface area contributed by atoms with Crippen molar-refractivity contribution in [3.05, 3.63) is 59.9 Å². The highest BCUT2D eigenvalue weighted by atomic mass is 19.1. The van der Waals surface area contributed by atoms with Crippen LogP contribution in [0.2, 0.25) is 0 Å². The summed E-state index contributed by atoms with van der Waals surface area (Å²) < 4.78 is 13.2. The number of benzene rings is 2. The SMILES string of the molecule is NC[C@@H]1[C@H]2C[C@H]2CN1C(=O)c1ccccc1-c1ccc(F)cc1. The third-order valence-corrected chi connectivity index (χ3v) is 5.12. The quantitative estimate of drug-likeness (QED) is 0.947. The van der Waals surface area contributed by atoms with Crippen LogP contribution in [0.5, 0.6) is 0 Å². The van der Waals surface area contributed by atoms with Gasteiger partial charge < -0.3 is 10.6 Å². The van der Waals surface area contributed by atoms with Crippen LogP contribution in [-0.4, -0.2) is 29.9 Å². The second kappa shape index (κ2) is 5.46. The van der Waals surface area contributed by atoms with Crippen molar-refractivity contribution in [1.29, 1.82) is 0 Å². The first-order valence-corrected chi connectivity index (χ1v) is 8.05. The number of halogens is 1. The molecule has 2 fully saturated rings. The van der Waals surface area contributed by atoms with Crippen LogP contribution < -0.4 is 5.73 Å². The van der Waals surface area contributed by atoms with E-state index in [0.29, 0.717) is 23.9 Å². The summed E-state index contributed by atoms with van der Waals surface area (Å²) in [6, 6.07) is 14.0. The van der Waals surface area contributed by atoms with Crippen molar-refractivity contribution >= 4 is 5.91 Å². The molecule has 1 saturated heterocycles. The largest absolute Gasteiger partial charge is 0.334 e. The van der Waals surface area contributed by atoms with E-state index in [1.54, 1.807) is 12.1 Å². The minimum Gasteiger partial charge on any atom is -0.334 e. The van der Waals surface area contributed by atoms with E-state index in [1.165, 1.54) is 18.6 Å². The zero-order valence-corrected chi connectivity index (χ0v) is 12.8. The van der Waals surface area contributed by atoms with Crippen molar-refractivity contribution in [3.63, 3.8) is 0 Å². The summed E-state index contributed by atoms with van der Waals surface area (Å²) in [5.41, 5.74) is 8.25. The first-order chi connectivity index (χ1) is 11.2. The second-order valence-corrected chi connectivity index (χ2v) is 6.47. The number of hydrogen-bond acceptors (Lipinski definition) is 2. The summed E-state index contributed by atoms with van der Waals surface area (Å²) in [6.45, 7) is 1.33. The maximum absolute atomic E-state index is 13.2. The van der Waals surface area contributed by atoms with Crippen molar-refractivity contribution in [2.24, 2.45) is 17.6 Å². The van der Waals surface area contributed by atoms with E-state index in [4.69, 9.17) is 5.73 Å². The van der Waals surface area contributed by atoms with Crippen LogP contribution in [-0.2, 0) is 0 Å². The molecule has 1 aliphatic carbocycles. The fourth-order valence-electron chi connectivity index (χ4n) is 3.81. The van der Waals surface area contributed by atoms with Gasteiger partial charge in [-0.15, -0.1) is 0 Å². The number of fused-ring (bicyclic) bond motifs is 1. The van der Waals surface area contributed by atoms with Crippen LogP contribution in [0.25, 0.3) is 11.1 Å². The molecule has 0 spiro atoms. The molecule has 3 atom stereocenters. The van der Waals surface area contributed by atoms with E-state index in [9.17, 15) is 9.18 Å². The lowest BCUT2D eigenvalue weighted by Crippen LogP contribution is -2.42. The minimum absolute atomic E-state index is 0.0348. The smallest absolute Gasteiger partial charge is 0.254 e. The van der Waals surface area contributed by atoms with E-state index in [-0.39, 0.29) is 17.8 Å². The van der Waals surface area contributed by atoms with Crippen LogP contribution in [0, 0.1) is 17.7 Å². The Balaban J connectivity index is 1.69. The van der Waals surface area contributed by atoms with Crippen LogP contribution in [0.3, 0.4) is 0 Å². The van der Waals surface area contributed by atoms with E-state index < -0.39 is 0 Å². The zero-order valence-electron chi connectivity index (χ0n) is 12.8. The first kappa shape index (κ1) is 14.4. The predicted molar refractivity (Wildman–Crippen MR) is 87.3 cm³/mol. The highest BCUT2D eigenvalue weighted by Crippen LogP contribution is 2.49. The van der Waals surface area contributed by atoms with Crippen LogP contribution in [0.1, 0.15) is 16.8 Å². The third-order valence-electron chi connectivity index (χ3n) is 5.12. The average molecular weight is 310 g/mol. The molecule has 0 aromatic heterocycles. The molecule has 2 aliphatic rings. The third kappa shape index (κ3) is 2.43. The minimum atomic E-state index is -0.277. The van der Waals surface area contributed by atoms with Crippen LogP contribution in [0.15, 0.2) is 48.5 Å². The van der Waals surface area contributed by atoms with Crippen molar-refractivity contribution in [2.45, 2.75) is 12.5 Å². The molecule has 2 N–H and O–H groups in total. The number of rotatable bonds is 3. The second-order valence-electron chi connectivity index (χ2n) is 6.47. The summed E-state index contributed by atoms with van der Waals surface area (Å²) >= 11 is 0. The summed E-state index contributed by atoms with van der Waals surface area (Å²) in [4.78, 5) is 15.0. The van der Waals surface area contributed by atoms with E-state index >= 15 is 0 Å². The average Bonchev–Trinajstić information content (AvgIpc) is 3.26. The lowest BCUT2D eigenvalue weighted by molar-refractivity contribution is 0.0713. The highest BCUT2D eigenvalue weighted by molar-refractivity contribution is 6.01. The summed E-state index contributed by atoms with van der Waals surface area (Å²) in [5.74, 6) is 0.973. The molecule has 1 saturated carbocycles. The maximum atomic E-state index is 13.2. The summed E-state index contributed by atoms with van der Waals surface area (Å²) in [6.07, 6.45) is 1.20. The van der Waals surface area contributed by atoms with Gasteiger partial charge in [-0.3, -0.25) is 4.79 Å². The molecular weight excluding hydrogens is 291 g/mol. The topological polar surface area (TPSA) is 46.3 Å². The monoisotopic (exact) mass is 310 g/mol. The van der Waals surface area contributed by atoms with Crippen molar-refractivity contribution in [3.8, 4) is 11.1 Å². The van der Waals surface area contributed by atoms with Crippen molar-refractivity contribution < 1.29 is 9.18 Å². The number of carbonyl (C=O) groups is 1. The normalized spacial score (nSPS) is 25.3. The molecule has 2 aromatic rings. The van der Waals surface area contributed by atoms with Gasteiger partial charge in [0.05, 0.1) is 0 Å². The Morgan fingerprint density at radius 3 is 2.65 bits per heavy atom. The Hall–Kier alpha value is -2.20. The molecule has 3 nitrogen and oxygen atoms in total. The van der Waals surface area contributed by atoms with Crippen molar-refractivity contribution in [1.82, 2.24) is 4.90 Å². The van der Waals surface area contributed by atoms with Crippen molar-refractivity contribution in [2.75, 3.05) is 13.1 Å².